The number of hydrogen-bond donors (Lipinski definition) is 2. The van der Waals surface area contributed by atoms with Gasteiger partial charge in [0.15, 0.2) is 23.3 Å². The zero-order valence-corrected chi connectivity index (χ0v) is 18.8. The van der Waals surface area contributed by atoms with Crippen molar-refractivity contribution in [3.63, 3.8) is 0 Å². The Morgan fingerprint density at radius 1 is 0.656 bits per heavy atom. The van der Waals surface area contributed by atoms with Crippen molar-refractivity contribution in [2.75, 3.05) is 14.1 Å². The Morgan fingerprint density at radius 2 is 1.06 bits per heavy atom. The molecule has 0 saturated carbocycles. The van der Waals surface area contributed by atoms with Gasteiger partial charge in [-0.25, -0.2) is 22.0 Å². The van der Waals surface area contributed by atoms with Crippen LogP contribution in [0.25, 0.3) is 0 Å². The molecule has 0 unspecified atom stereocenters. The van der Waals surface area contributed by atoms with E-state index in [-0.39, 0.29) is 38.7 Å². The van der Waals surface area contributed by atoms with E-state index >= 15 is 0 Å². The molecule has 1 radical (unpaired) electrons. The van der Waals surface area contributed by atoms with Crippen molar-refractivity contribution in [2.45, 2.75) is 0 Å². The van der Waals surface area contributed by atoms with Gasteiger partial charge in [0.1, 0.15) is 11.4 Å². The average Bonchev–Trinajstić information content (AvgIpc) is 2.79. The van der Waals surface area contributed by atoms with Gasteiger partial charge in [0.2, 0.25) is 5.82 Å². The molecule has 173 valence electrons. The van der Waals surface area contributed by atoms with Crippen LogP contribution in [0.3, 0.4) is 0 Å². The van der Waals surface area contributed by atoms with Crippen LogP contribution in [0.4, 0.5) is 22.0 Å². The SMILES string of the molecule is CNC([S-])=NN=C(C(=NN=C([S-])NC)c1c(F)c(F)c(F)c(F)c1F)c1ccccc1.[Cu+2]. The summed E-state index contributed by atoms with van der Waals surface area (Å²) in [6, 6.07) is 7.63. The summed E-state index contributed by atoms with van der Waals surface area (Å²) in [5.41, 5.74) is -2.35. The second-order valence-corrected chi connectivity index (χ2v) is 6.29. The van der Waals surface area contributed by atoms with Gasteiger partial charge < -0.3 is 35.9 Å². The maximum atomic E-state index is 14.6. The molecule has 0 saturated heterocycles. The van der Waals surface area contributed by atoms with Gasteiger partial charge in [-0.1, -0.05) is 30.3 Å². The van der Waals surface area contributed by atoms with Crippen LogP contribution < -0.4 is 10.6 Å². The normalized spacial score (nSPS) is 13.0. The molecule has 0 amide bonds. The van der Waals surface area contributed by atoms with Gasteiger partial charge in [0.05, 0.1) is 5.56 Å². The van der Waals surface area contributed by atoms with Crippen LogP contribution in [0, 0.1) is 29.1 Å². The van der Waals surface area contributed by atoms with Crippen molar-refractivity contribution >= 4 is 47.0 Å². The van der Waals surface area contributed by atoms with Crippen LogP contribution in [0.2, 0.25) is 0 Å². The summed E-state index contributed by atoms with van der Waals surface area (Å²) in [6.07, 6.45) is 0. The average molecular weight is 536 g/mol. The number of hydrogen-bond acceptors (Lipinski definition) is 6. The monoisotopic (exact) mass is 535 g/mol. The van der Waals surface area contributed by atoms with E-state index in [0.29, 0.717) is 0 Å². The standard InChI is InChI=1S/C18H15F5N6S2.Cu/c1-24-17(30)28-26-15(8-6-4-3-5-7-8)16(27-29-18(31)25-2)9-10(19)12(21)14(23)13(22)11(9)20;/h3-7H,1-2H3,(H2,24,28,30)(H2,25,29,31);/q;+2/p-2. The van der Waals surface area contributed by atoms with E-state index in [4.69, 9.17) is 25.3 Å². The van der Waals surface area contributed by atoms with Crippen molar-refractivity contribution in [2.24, 2.45) is 20.4 Å². The van der Waals surface area contributed by atoms with E-state index in [1.54, 1.807) is 18.2 Å². The number of benzene rings is 2. The predicted octanol–water partition coefficient (Wildman–Crippen LogP) is 2.73. The third kappa shape index (κ3) is 6.19. The molecule has 32 heavy (non-hydrogen) atoms. The molecule has 0 aliphatic carbocycles. The number of amidine groups is 2. The van der Waals surface area contributed by atoms with Crippen LogP contribution in [0.5, 0.6) is 0 Å². The molecular formula is C18H13CuF5N6S2. The molecule has 2 rings (SSSR count). The first kappa shape index (κ1) is 27.4. The minimum atomic E-state index is -2.32. The fraction of sp³-hybridized carbons (Fsp3) is 0.111. The Hall–Kier alpha value is -2.67. The Morgan fingerprint density at radius 3 is 1.50 bits per heavy atom. The summed E-state index contributed by atoms with van der Waals surface area (Å²) >= 11 is 9.68. The van der Waals surface area contributed by atoms with E-state index in [9.17, 15) is 22.0 Å². The summed E-state index contributed by atoms with van der Waals surface area (Å²) in [5.74, 6) is -10.9. The fourth-order valence-corrected chi connectivity index (χ4v) is 2.24. The van der Waals surface area contributed by atoms with E-state index in [1.165, 1.54) is 26.2 Å². The molecule has 2 N–H and O–H groups in total. The molecule has 0 aromatic heterocycles. The number of rotatable bonds is 5. The van der Waals surface area contributed by atoms with E-state index in [2.05, 4.69) is 31.0 Å². The van der Waals surface area contributed by atoms with Crippen LogP contribution in [-0.4, -0.2) is 35.9 Å². The summed E-state index contributed by atoms with van der Waals surface area (Å²) in [4.78, 5) is 0. The Balaban J connectivity index is 0.00000512. The molecule has 0 spiro atoms. The fourth-order valence-electron chi connectivity index (χ4n) is 2.16. The van der Waals surface area contributed by atoms with Crippen LogP contribution >= 0.6 is 0 Å². The largest absolute Gasteiger partial charge is 2.00 e. The van der Waals surface area contributed by atoms with Crippen molar-refractivity contribution in [3.05, 3.63) is 70.5 Å². The number of nitrogens with zero attached hydrogens (tertiary/aromatic N) is 4. The van der Waals surface area contributed by atoms with Crippen molar-refractivity contribution in [3.8, 4) is 0 Å². The summed E-state index contributed by atoms with van der Waals surface area (Å²) in [6.45, 7) is 0. The minimum Gasteiger partial charge on any atom is -0.741 e. The first-order chi connectivity index (χ1) is 14.7. The second kappa shape index (κ2) is 12.4. The third-order valence-electron chi connectivity index (χ3n) is 3.63. The topological polar surface area (TPSA) is 73.5 Å². The van der Waals surface area contributed by atoms with Crippen LogP contribution in [0.1, 0.15) is 11.1 Å². The van der Waals surface area contributed by atoms with Crippen molar-refractivity contribution < 1.29 is 39.0 Å². The first-order valence-electron chi connectivity index (χ1n) is 8.31. The smallest absolute Gasteiger partial charge is 0.741 e. The van der Waals surface area contributed by atoms with Gasteiger partial charge in [-0.2, -0.15) is 10.2 Å². The minimum absolute atomic E-state index is 0. The van der Waals surface area contributed by atoms with Gasteiger partial charge in [0, 0.05) is 19.7 Å². The zero-order chi connectivity index (χ0) is 23.1. The third-order valence-corrected chi connectivity index (χ3v) is 4.20. The van der Waals surface area contributed by atoms with Gasteiger partial charge >= 0.3 is 17.1 Å². The van der Waals surface area contributed by atoms with E-state index in [1.807, 2.05) is 0 Å². The summed E-state index contributed by atoms with van der Waals surface area (Å²) in [5, 5.41) is 19.3. The summed E-state index contributed by atoms with van der Waals surface area (Å²) in [7, 11) is 2.84. The molecule has 0 fully saturated rings. The van der Waals surface area contributed by atoms with Gasteiger partial charge in [-0.05, 0) is 10.3 Å². The van der Waals surface area contributed by atoms with Crippen molar-refractivity contribution in [1.29, 1.82) is 0 Å². The Kier molecular flexibility index (Phi) is 10.6. The molecule has 0 heterocycles. The molecule has 14 heteroatoms. The first-order valence-corrected chi connectivity index (χ1v) is 9.12. The Labute approximate surface area is 201 Å². The van der Waals surface area contributed by atoms with E-state index in [0.717, 1.165) is 0 Å². The second-order valence-electron chi connectivity index (χ2n) is 5.52. The van der Waals surface area contributed by atoms with Gasteiger partial charge in [-0.3, -0.25) is 0 Å². The van der Waals surface area contributed by atoms with E-state index < -0.39 is 40.4 Å². The molecule has 0 bridgehead atoms. The van der Waals surface area contributed by atoms with Gasteiger partial charge in [0.25, 0.3) is 0 Å². The Bertz CT molecular complexity index is 1060. The maximum Gasteiger partial charge on any atom is 2.00 e. The zero-order valence-electron chi connectivity index (χ0n) is 16.2. The molecular weight excluding hydrogens is 523 g/mol. The molecule has 2 aromatic carbocycles. The van der Waals surface area contributed by atoms with Crippen molar-refractivity contribution in [1.82, 2.24) is 10.6 Å². The maximum absolute atomic E-state index is 14.6. The number of nitrogens with one attached hydrogen (secondary N) is 2. The molecule has 0 aliphatic rings. The molecule has 0 aliphatic heterocycles. The summed E-state index contributed by atoms with van der Waals surface area (Å²) < 4.78 is 70.5. The van der Waals surface area contributed by atoms with Crippen LogP contribution in [-0.2, 0) is 42.3 Å². The van der Waals surface area contributed by atoms with Gasteiger partial charge in [-0.15, -0.1) is 10.2 Å². The van der Waals surface area contributed by atoms with Crippen LogP contribution in [0.15, 0.2) is 50.7 Å². The quantitative estimate of drug-likeness (QED) is 0.0902. The number of halogens is 5. The molecule has 2 aromatic rings. The predicted molar refractivity (Wildman–Crippen MR) is 113 cm³/mol. The molecule has 0 atom stereocenters. The molecule has 6 nitrogen and oxygen atoms in total.